The average molecular weight is 277 g/mol. The average Bonchev–Trinajstić information content (AvgIpc) is 2.22. The fraction of sp³-hybridized carbons (Fsp3) is 0.889. The van der Waals surface area contributed by atoms with Gasteiger partial charge in [-0.05, 0) is 24.9 Å². The summed E-state index contributed by atoms with van der Waals surface area (Å²) in [4.78, 5) is 11.1. The Balaban J connectivity index is 0. The second-order valence-corrected chi connectivity index (χ2v) is 4.27. The lowest BCUT2D eigenvalue weighted by Crippen LogP contribution is -2.41. The first-order valence-corrected chi connectivity index (χ1v) is 6.25. The molecule has 0 heterocycles. The highest BCUT2D eigenvalue weighted by molar-refractivity contribution is 7.98. The summed E-state index contributed by atoms with van der Waals surface area (Å²) in [6.45, 7) is -1.40. The molecule has 1 amide bonds. The third-order valence-electron chi connectivity index (χ3n) is 1.85. The lowest BCUT2D eigenvalue weighted by atomic mass is 10.2. The Morgan fingerprint density at radius 2 is 2.06 bits per heavy atom. The van der Waals surface area contributed by atoms with E-state index in [0.29, 0.717) is 6.42 Å². The molecular formula is C9H19ClF2N2OS. The molecule has 0 aliphatic heterocycles. The van der Waals surface area contributed by atoms with Crippen molar-refractivity contribution < 1.29 is 13.6 Å². The second kappa shape index (κ2) is 10.1. The van der Waals surface area contributed by atoms with Crippen LogP contribution in [0, 0.1) is 0 Å². The van der Waals surface area contributed by atoms with E-state index < -0.39 is 19.0 Å². The predicted octanol–water partition coefficient (Wildman–Crippen LogP) is 1.65. The summed E-state index contributed by atoms with van der Waals surface area (Å²) in [5, 5.41) is 2.18. The highest BCUT2D eigenvalue weighted by Crippen LogP contribution is 2.09. The zero-order valence-electron chi connectivity index (χ0n) is 9.30. The molecule has 0 aromatic heterocycles. The number of nitrogens with one attached hydrogen (secondary N) is 1. The Kier molecular flexibility index (Phi) is 11.6. The highest BCUT2D eigenvalue weighted by atomic mass is 35.5. The number of nitrogens with two attached hydrogens (primary N) is 1. The minimum absolute atomic E-state index is 0. The first-order valence-electron chi connectivity index (χ1n) is 4.85. The topological polar surface area (TPSA) is 55.1 Å². The number of hydrogen-bond acceptors (Lipinski definition) is 3. The van der Waals surface area contributed by atoms with E-state index >= 15 is 0 Å². The molecule has 7 heteroatoms. The van der Waals surface area contributed by atoms with E-state index in [1.165, 1.54) is 0 Å². The van der Waals surface area contributed by atoms with Crippen molar-refractivity contribution >= 4 is 30.1 Å². The van der Waals surface area contributed by atoms with Gasteiger partial charge in [0.1, 0.15) is 0 Å². The fourth-order valence-electron chi connectivity index (χ4n) is 0.920. The summed E-state index contributed by atoms with van der Waals surface area (Å²) in [6, 6.07) is 0. The molecular weight excluding hydrogens is 258 g/mol. The molecule has 3 nitrogen and oxygen atoms in total. The van der Waals surface area contributed by atoms with Crippen LogP contribution >= 0.6 is 24.2 Å². The summed E-state index contributed by atoms with van der Waals surface area (Å²) in [6.07, 6.45) is 3.96. The molecule has 0 saturated heterocycles. The summed E-state index contributed by atoms with van der Waals surface area (Å²) in [5.41, 5.74) is 4.83. The van der Waals surface area contributed by atoms with Gasteiger partial charge in [-0.2, -0.15) is 11.8 Å². The summed E-state index contributed by atoms with van der Waals surface area (Å²) in [7, 11) is 0. The maximum Gasteiger partial charge on any atom is 0.277 e. The smallest absolute Gasteiger partial charge is 0.277 e. The van der Waals surface area contributed by atoms with E-state index in [1.54, 1.807) is 11.8 Å². The van der Waals surface area contributed by atoms with E-state index in [0.717, 1.165) is 18.6 Å². The van der Waals surface area contributed by atoms with Crippen LogP contribution in [0.15, 0.2) is 0 Å². The number of hydrogen-bond donors (Lipinski definition) is 2. The lowest BCUT2D eigenvalue weighted by molar-refractivity contribution is -0.123. The van der Waals surface area contributed by atoms with Crippen LogP contribution in [0.2, 0.25) is 0 Å². The van der Waals surface area contributed by atoms with Gasteiger partial charge in [-0.15, -0.1) is 12.4 Å². The summed E-state index contributed by atoms with van der Waals surface area (Å²) in [5.74, 6) is -2.33. The van der Waals surface area contributed by atoms with Crippen LogP contribution in [-0.4, -0.2) is 36.9 Å². The maximum absolute atomic E-state index is 12.6. The van der Waals surface area contributed by atoms with Crippen LogP contribution in [0.3, 0.4) is 0 Å². The quantitative estimate of drug-likeness (QED) is 0.663. The predicted molar refractivity (Wildman–Crippen MR) is 66.5 cm³/mol. The number of rotatable bonds is 8. The van der Waals surface area contributed by atoms with Crippen molar-refractivity contribution in [2.75, 3.05) is 25.1 Å². The molecule has 0 aromatic carbocycles. The monoisotopic (exact) mass is 276 g/mol. The highest BCUT2D eigenvalue weighted by Gasteiger charge is 2.26. The van der Waals surface area contributed by atoms with Crippen LogP contribution in [0.4, 0.5) is 8.78 Å². The number of amides is 1. The molecule has 0 radical (unpaired) electrons. The van der Waals surface area contributed by atoms with Crippen LogP contribution in [0.1, 0.15) is 19.3 Å². The zero-order chi connectivity index (χ0) is 11.7. The number of carbonyl (C=O) groups excluding carboxylic acids is 1. The van der Waals surface area contributed by atoms with E-state index in [2.05, 4.69) is 5.32 Å². The second-order valence-electron chi connectivity index (χ2n) is 3.29. The van der Waals surface area contributed by atoms with Crippen LogP contribution in [0.5, 0.6) is 0 Å². The molecule has 0 rings (SSSR count). The number of alkyl halides is 2. The van der Waals surface area contributed by atoms with Crippen LogP contribution in [0.25, 0.3) is 0 Å². The van der Waals surface area contributed by atoms with E-state index in [1.807, 2.05) is 6.26 Å². The van der Waals surface area contributed by atoms with Crippen LogP contribution in [-0.2, 0) is 4.79 Å². The Morgan fingerprint density at radius 1 is 1.44 bits per heavy atom. The molecule has 0 spiro atoms. The van der Waals surface area contributed by atoms with Gasteiger partial charge >= 0.3 is 0 Å². The summed E-state index contributed by atoms with van der Waals surface area (Å²) < 4.78 is 25.2. The third kappa shape index (κ3) is 10.4. The van der Waals surface area contributed by atoms with Crippen molar-refractivity contribution in [1.29, 1.82) is 0 Å². The lowest BCUT2D eigenvalue weighted by Gasteiger charge is -2.14. The van der Waals surface area contributed by atoms with Gasteiger partial charge < -0.3 is 11.1 Å². The van der Waals surface area contributed by atoms with Crippen molar-refractivity contribution in [3.8, 4) is 0 Å². The Labute approximate surface area is 105 Å². The maximum atomic E-state index is 12.6. The normalized spacial score (nSPS) is 10.8. The van der Waals surface area contributed by atoms with Crippen molar-refractivity contribution in [1.82, 2.24) is 5.32 Å². The largest absolute Gasteiger partial charge is 0.350 e. The minimum Gasteiger partial charge on any atom is -0.350 e. The molecule has 0 aromatic rings. The van der Waals surface area contributed by atoms with Crippen molar-refractivity contribution in [3.05, 3.63) is 0 Å². The van der Waals surface area contributed by atoms with Gasteiger partial charge in [0.05, 0.1) is 13.1 Å². The Bertz CT molecular complexity index is 196. The molecule has 0 unspecified atom stereocenters. The van der Waals surface area contributed by atoms with Gasteiger partial charge in [-0.1, -0.05) is 0 Å². The van der Waals surface area contributed by atoms with Gasteiger partial charge in [0, 0.05) is 6.42 Å². The van der Waals surface area contributed by atoms with E-state index in [-0.39, 0.29) is 18.3 Å². The third-order valence-corrected chi connectivity index (χ3v) is 2.54. The van der Waals surface area contributed by atoms with Gasteiger partial charge in [-0.25, -0.2) is 8.78 Å². The SMILES string of the molecule is CSCCCCC(=O)NCC(F)(F)CN.Cl. The minimum atomic E-state index is -2.99. The molecule has 0 aliphatic rings. The first kappa shape index (κ1) is 18.3. The molecule has 16 heavy (non-hydrogen) atoms. The van der Waals surface area contributed by atoms with Crippen molar-refractivity contribution in [2.24, 2.45) is 5.73 Å². The number of thioether (sulfide) groups is 1. The zero-order valence-corrected chi connectivity index (χ0v) is 10.9. The molecule has 0 saturated carbocycles. The molecule has 3 N–H and O–H groups in total. The number of carbonyl (C=O) groups is 1. The van der Waals surface area contributed by atoms with Gasteiger partial charge in [-0.3, -0.25) is 4.79 Å². The Morgan fingerprint density at radius 3 is 2.56 bits per heavy atom. The van der Waals surface area contributed by atoms with Gasteiger partial charge in [0.2, 0.25) is 5.91 Å². The molecule has 0 atom stereocenters. The Hall–Kier alpha value is -0.0700. The molecule has 0 aliphatic carbocycles. The molecule has 0 fully saturated rings. The fourth-order valence-corrected chi connectivity index (χ4v) is 1.41. The van der Waals surface area contributed by atoms with Gasteiger partial charge in [0.15, 0.2) is 0 Å². The van der Waals surface area contributed by atoms with Crippen molar-refractivity contribution in [2.45, 2.75) is 25.2 Å². The molecule has 0 bridgehead atoms. The van der Waals surface area contributed by atoms with Crippen LogP contribution < -0.4 is 11.1 Å². The standard InChI is InChI=1S/C9H18F2N2OS.ClH/c1-15-5-3-2-4-8(14)13-7-9(10,11)6-12;/h2-7,12H2,1H3,(H,13,14);1H. The number of unbranched alkanes of at least 4 members (excludes halogenated alkanes) is 1. The van der Waals surface area contributed by atoms with E-state index in [4.69, 9.17) is 5.73 Å². The summed E-state index contributed by atoms with van der Waals surface area (Å²) >= 11 is 1.71. The van der Waals surface area contributed by atoms with Gasteiger partial charge in [0.25, 0.3) is 5.92 Å². The van der Waals surface area contributed by atoms with E-state index in [9.17, 15) is 13.6 Å². The first-order chi connectivity index (χ1) is 7.02. The number of halogens is 3. The van der Waals surface area contributed by atoms with Crippen molar-refractivity contribution in [3.63, 3.8) is 0 Å². The molecule has 98 valence electrons.